The van der Waals surface area contributed by atoms with E-state index in [1.807, 2.05) is 37.4 Å². The predicted molar refractivity (Wildman–Crippen MR) is 148 cm³/mol. The summed E-state index contributed by atoms with van der Waals surface area (Å²) in [5.41, 5.74) is 5.61. The van der Waals surface area contributed by atoms with Crippen LogP contribution in [-0.4, -0.2) is 31.0 Å². The number of rotatable bonds is 16. The Bertz CT molecular complexity index is 986. The second-order valence-corrected chi connectivity index (χ2v) is 9.70. The van der Waals surface area contributed by atoms with Crippen molar-refractivity contribution in [3.05, 3.63) is 72.4 Å². The molecule has 0 aliphatic heterocycles. The van der Waals surface area contributed by atoms with Crippen molar-refractivity contribution in [2.24, 2.45) is 0 Å². The third-order valence-electron chi connectivity index (χ3n) is 6.73. The monoisotopic (exact) mass is 491 g/mol. The first-order valence-electron chi connectivity index (χ1n) is 13.5. The molecule has 194 valence electrons. The van der Waals surface area contributed by atoms with Gasteiger partial charge in [-0.1, -0.05) is 75.1 Å². The number of hydrogen-bond acceptors (Lipinski definition) is 3. The van der Waals surface area contributed by atoms with Gasteiger partial charge in [-0.25, -0.2) is 4.39 Å². The van der Waals surface area contributed by atoms with Crippen molar-refractivity contribution >= 4 is 0 Å². The highest BCUT2D eigenvalue weighted by Crippen LogP contribution is 2.25. The lowest BCUT2D eigenvalue weighted by atomic mass is 10.0. The molecule has 0 bridgehead atoms. The second kappa shape index (κ2) is 15.4. The Morgan fingerprint density at radius 2 is 1.47 bits per heavy atom. The molecular weight excluding hydrogens is 449 g/mol. The molecule has 3 aromatic rings. The van der Waals surface area contributed by atoms with Crippen molar-refractivity contribution in [3.63, 3.8) is 0 Å². The van der Waals surface area contributed by atoms with E-state index in [-0.39, 0.29) is 12.7 Å². The topological polar surface area (TPSA) is 31.4 Å². The van der Waals surface area contributed by atoms with Gasteiger partial charge < -0.3 is 9.47 Å². The zero-order valence-electron chi connectivity index (χ0n) is 22.2. The van der Waals surface area contributed by atoms with Gasteiger partial charge in [-0.3, -0.25) is 4.98 Å². The van der Waals surface area contributed by atoms with E-state index in [2.05, 4.69) is 43.3 Å². The normalized spacial score (nSPS) is 12.9. The van der Waals surface area contributed by atoms with Gasteiger partial charge in [0.2, 0.25) is 0 Å². The highest BCUT2D eigenvalue weighted by atomic mass is 19.1. The van der Waals surface area contributed by atoms with Gasteiger partial charge in [0.25, 0.3) is 0 Å². The Balaban J connectivity index is 1.47. The summed E-state index contributed by atoms with van der Waals surface area (Å²) >= 11 is 0. The average molecular weight is 492 g/mol. The first-order valence-corrected chi connectivity index (χ1v) is 13.5. The number of hydrogen-bond donors (Lipinski definition) is 0. The number of unbranched alkanes of at least 4 members (excludes halogenated alkanes) is 4. The second-order valence-electron chi connectivity index (χ2n) is 9.70. The first kappa shape index (κ1) is 27.9. The summed E-state index contributed by atoms with van der Waals surface area (Å²) in [5.74, 6) is 0.682. The molecule has 1 aromatic heterocycles. The Morgan fingerprint density at radius 3 is 2.14 bits per heavy atom. The molecule has 1 heterocycles. The third-order valence-corrected chi connectivity index (χ3v) is 6.73. The molecule has 0 amide bonds. The Hall–Kier alpha value is -2.72. The maximum absolute atomic E-state index is 14.1. The zero-order valence-corrected chi connectivity index (χ0v) is 22.2. The summed E-state index contributed by atoms with van der Waals surface area (Å²) < 4.78 is 25.0. The molecule has 3 rings (SSSR count). The van der Waals surface area contributed by atoms with Gasteiger partial charge >= 0.3 is 0 Å². The lowest BCUT2D eigenvalue weighted by Crippen LogP contribution is -2.14. The average Bonchev–Trinajstić information content (AvgIpc) is 2.92. The standard InChI is InChI=1S/C32H42FNO2/c1-4-5-6-7-8-11-26-13-15-28(16-14-26)32-22-19-29(23-34-32)27-17-20-31(21-18-27)36-24-30(33)12-9-10-25(2)35-3/h13-23,25,30H,4-12,24H2,1-3H3. The highest BCUT2D eigenvalue weighted by Gasteiger charge is 2.10. The lowest BCUT2D eigenvalue weighted by molar-refractivity contribution is 0.103. The lowest BCUT2D eigenvalue weighted by Gasteiger charge is -2.13. The predicted octanol–water partition coefficient (Wildman–Crippen LogP) is 8.85. The van der Waals surface area contributed by atoms with Gasteiger partial charge in [0.05, 0.1) is 11.8 Å². The number of pyridine rings is 1. The molecule has 0 aliphatic carbocycles. The molecule has 0 N–H and O–H groups in total. The van der Waals surface area contributed by atoms with Crippen molar-refractivity contribution in [2.45, 2.75) is 83.9 Å². The van der Waals surface area contributed by atoms with Crippen molar-refractivity contribution in [1.29, 1.82) is 0 Å². The van der Waals surface area contributed by atoms with Gasteiger partial charge in [0, 0.05) is 24.4 Å². The van der Waals surface area contributed by atoms with E-state index in [4.69, 9.17) is 14.5 Å². The van der Waals surface area contributed by atoms with Crippen LogP contribution in [0.25, 0.3) is 22.4 Å². The maximum atomic E-state index is 14.1. The van der Waals surface area contributed by atoms with Crippen molar-refractivity contribution in [2.75, 3.05) is 13.7 Å². The number of benzene rings is 2. The largest absolute Gasteiger partial charge is 0.491 e. The molecule has 3 nitrogen and oxygen atoms in total. The third kappa shape index (κ3) is 9.39. The number of alkyl halides is 1. The molecule has 0 spiro atoms. The zero-order chi connectivity index (χ0) is 25.6. The van der Waals surface area contributed by atoms with Crippen LogP contribution in [0.1, 0.15) is 70.8 Å². The number of aryl methyl sites for hydroxylation is 1. The summed E-state index contributed by atoms with van der Waals surface area (Å²) in [6, 6.07) is 20.7. The first-order chi connectivity index (χ1) is 17.6. The van der Waals surface area contributed by atoms with Crippen molar-refractivity contribution in [3.8, 4) is 28.1 Å². The minimum Gasteiger partial charge on any atom is -0.491 e. The van der Waals surface area contributed by atoms with Gasteiger partial charge in [-0.15, -0.1) is 0 Å². The Kier molecular flexibility index (Phi) is 11.9. The van der Waals surface area contributed by atoms with Gasteiger partial charge in [-0.2, -0.15) is 0 Å². The number of halogens is 1. The van der Waals surface area contributed by atoms with Crippen LogP contribution in [0, 0.1) is 0 Å². The van der Waals surface area contributed by atoms with Crippen LogP contribution in [0.4, 0.5) is 4.39 Å². The summed E-state index contributed by atoms with van der Waals surface area (Å²) in [6.07, 6.45) is 11.0. The number of methoxy groups -OCH3 is 1. The SMILES string of the molecule is CCCCCCCc1ccc(-c2ccc(-c3ccc(OCC(F)CCCC(C)OC)cc3)cn2)cc1. The molecule has 0 aliphatic rings. The minimum atomic E-state index is -0.967. The van der Waals surface area contributed by atoms with Crippen LogP contribution in [0.3, 0.4) is 0 Å². The summed E-state index contributed by atoms with van der Waals surface area (Å²) in [5, 5.41) is 0. The molecule has 0 saturated carbocycles. The van der Waals surface area contributed by atoms with Crippen LogP contribution >= 0.6 is 0 Å². The van der Waals surface area contributed by atoms with Crippen LogP contribution in [0.5, 0.6) is 5.75 Å². The molecule has 0 saturated heterocycles. The van der Waals surface area contributed by atoms with Crippen LogP contribution in [0.2, 0.25) is 0 Å². The van der Waals surface area contributed by atoms with Crippen molar-refractivity contribution < 1.29 is 13.9 Å². The minimum absolute atomic E-state index is 0.0780. The fourth-order valence-electron chi connectivity index (χ4n) is 4.27. The van der Waals surface area contributed by atoms with Crippen molar-refractivity contribution in [1.82, 2.24) is 4.98 Å². The van der Waals surface area contributed by atoms with E-state index in [9.17, 15) is 4.39 Å². The van der Waals surface area contributed by atoms with E-state index in [0.29, 0.717) is 12.2 Å². The summed E-state index contributed by atoms with van der Waals surface area (Å²) in [4.78, 5) is 4.69. The maximum Gasteiger partial charge on any atom is 0.134 e. The van der Waals surface area contributed by atoms with Crippen LogP contribution in [0.15, 0.2) is 66.9 Å². The van der Waals surface area contributed by atoms with Gasteiger partial charge in [0.15, 0.2) is 0 Å². The van der Waals surface area contributed by atoms with E-state index in [1.165, 1.54) is 37.7 Å². The molecule has 2 atom stereocenters. The Labute approximate surface area is 217 Å². The molecule has 0 radical (unpaired) electrons. The molecule has 0 fully saturated rings. The molecule has 2 aromatic carbocycles. The molecular formula is C32H42FNO2. The number of nitrogens with zero attached hydrogens (tertiary/aromatic N) is 1. The van der Waals surface area contributed by atoms with E-state index >= 15 is 0 Å². The number of aromatic nitrogens is 1. The summed E-state index contributed by atoms with van der Waals surface area (Å²) in [6.45, 7) is 4.33. The Morgan fingerprint density at radius 1 is 0.778 bits per heavy atom. The van der Waals surface area contributed by atoms with E-state index in [0.717, 1.165) is 41.6 Å². The van der Waals surface area contributed by atoms with E-state index in [1.54, 1.807) is 7.11 Å². The van der Waals surface area contributed by atoms with Gasteiger partial charge in [-0.05, 0) is 68.4 Å². The smallest absolute Gasteiger partial charge is 0.134 e. The fourth-order valence-corrected chi connectivity index (χ4v) is 4.27. The molecule has 2 unspecified atom stereocenters. The quantitative estimate of drug-likeness (QED) is 0.188. The summed E-state index contributed by atoms with van der Waals surface area (Å²) in [7, 11) is 1.68. The van der Waals surface area contributed by atoms with Crippen LogP contribution in [-0.2, 0) is 11.2 Å². The molecule has 36 heavy (non-hydrogen) atoms. The fraction of sp³-hybridized carbons (Fsp3) is 0.469. The highest BCUT2D eigenvalue weighted by molar-refractivity contribution is 5.67. The van der Waals surface area contributed by atoms with Crippen LogP contribution < -0.4 is 4.74 Å². The van der Waals surface area contributed by atoms with E-state index < -0.39 is 6.17 Å². The molecule has 4 heteroatoms. The number of ether oxygens (including phenoxy) is 2. The van der Waals surface area contributed by atoms with Gasteiger partial charge in [0.1, 0.15) is 18.5 Å².